The van der Waals surface area contributed by atoms with Crippen molar-refractivity contribution >= 4 is 10.1 Å². The second-order valence-corrected chi connectivity index (χ2v) is 9.08. The number of aliphatic hydroxyl groups excluding tert-OH is 1. The molecule has 0 aliphatic heterocycles. The van der Waals surface area contributed by atoms with Crippen molar-refractivity contribution in [1.82, 2.24) is 0 Å². The van der Waals surface area contributed by atoms with E-state index in [1.54, 1.807) is 0 Å². The molecule has 2 atom stereocenters. The fraction of sp³-hybridized carbons (Fsp3) is 1.00. The minimum atomic E-state index is -4.14. The normalized spacial score (nSPS) is 14.0. The summed E-state index contributed by atoms with van der Waals surface area (Å²) < 4.78 is 34.1. The van der Waals surface area contributed by atoms with Crippen molar-refractivity contribution in [3.8, 4) is 0 Å². The number of unbranched alkanes of at least 4 members (excludes halogenated alkanes) is 10. The molecule has 1 N–H and O–H groups in total. The first-order chi connectivity index (χ1) is 11.9. The van der Waals surface area contributed by atoms with E-state index in [9.17, 15) is 18.1 Å². The molecule has 0 radical (unpaired) electrons. The largest absolute Gasteiger partial charge is 1.00 e. The van der Waals surface area contributed by atoms with Gasteiger partial charge in [-0.2, -0.15) is 0 Å². The Morgan fingerprint density at radius 1 is 0.731 bits per heavy atom. The van der Waals surface area contributed by atoms with Crippen molar-refractivity contribution in [3.05, 3.63) is 0 Å². The van der Waals surface area contributed by atoms with Crippen LogP contribution < -0.4 is 29.6 Å². The number of hydrogen-bond donors (Lipinski definition) is 1. The van der Waals surface area contributed by atoms with Gasteiger partial charge in [0.2, 0.25) is 0 Å². The summed E-state index contributed by atoms with van der Waals surface area (Å²) in [6.45, 7) is 4.13. The average Bonchev–Trinajstić information content (AvgIpc) is 2.56. The van der Waals surface area contributed by atoms with Crippen molar-refractivity contribution in [1.29, 1.82) is 0 Å². The summed E-state index contributed by atoms with van der Waals surface area (Å²) in [6, 6.07) is 0. The SMILES string of the molecule is CCCCCCC(CCCCCCCCCCC(O)CC)S(=O)(=O)[O-].[Na+]. The van der Waals surface area contributed by atoms with Crippen molar-refractivity contribution in [2.75, 3.05) is 0 Å². The van der Waals surface area contributed by atoms with Crippen LogP contribution in [-0.2, 0) is 10.1 Å². The number of rotatable bonds is 18. The molecule has 4 nitrogen and oxygen atoms in total. The molecule has 0 aromatic carbocycles. The van der Waals surface area contributed by atoms with Crippen LogP contribution in [-0.4, -0.2) is 29.4 Å². The molecule has 152 valence electrons. The topological polar surface area (TPSA) is 77.4 Å². The molecule has 26 heavy (non-hydrogen) atoms. The molecule has 0 aromatic heterocycles. The molecule has 0 aromatic rings. The fourth-order valence-electron chi connectivity index (χ4n) is 3.25. The van der Waals surface area contributed by atoms with Crippen LogP contribution in [0.3, 0.4) is 0 Å². The Kier molecular flexibility index (Phi) is 21.5. The Bertz CT molecular complexity index is 387. The minimum absolute atomic E-state index is 0. The van der Waals surface area contributed by atoms with Gasteiger partial charge in [-0.1, -0.05) is 90.9 Å². The molecule has 0 spiro atoms. The first-order valence-electron chi connectivity index (χ1n) is 10.5. The van der Waals surface area contributed by atoms with E-state index < -0.39 is 15.4 Å². The van der Waals surface area contributed by atoms with Gasteiger partial charge in [0, 0.05) is 5.25 Å². The second-order valence-electron chi connectivity index (χ2n) is 7.43. The summed E-state index contributed by atoms with van der Waals surface area (Å²) in [5, 5.41) is 8.80. The van der Waals surface area contributed by atoms with E-state index in [-0.39, 0.29) is 35.7 Å². The van der Waals surface area contributed by atoms with Gasteiger partial charge in [-0.3, -0.25) is 0 Å². The van der Waals surface area contributed by atoms with Crippen molar-refractivity contribution in [3.63, 3.8) is 0 Å². The summed E-state index contributed by atoms with van der Waals surface area (Å²) in [5.41, 5.74) is 0. The van der Waals surface area contributed by atoms with Crippen LogP contribution >= 0.6 is 0 Å². The second kappa shape index (κ2) is 19.2. The van der Waals surface area contributed by atoms with Crippen LogP contribution in [0.2, 0.25) is 0 Å². The van der Waals surface area contributed by atoms with Crippen LogP contribution in [0.5, 0.6) is 0 Å². The Hall–Kier alpha value is 0.870. The van der Waals surface area contributed by atoms with Crippen LogP contribution in [0.1, 0.15) is 117 Å². The number of aliphatic hydroxyl groups is 1. The van der Waals surface area contributed by atoms with E-state index in [4.69, 9.17) is 0 Å². The molecule has 2 unspecified atom stereocenters. The fourth-order valence-corrected chi connectivity index (χ4v) is 4.16. The van der Waals surface area contributed by atoms with Gasteiger partial charge in [0.15, 0.2) is 0 Å². The van der Waals surface area contributed by atoms with Gasteiger partial charge in [0.25, 0.3) is 0 Å². The van der Waals surface area contributed by atoms with Gasteiger partial charge in [-0.05, 0) is 25.7 Å². The van der Waals surface area contributed by atoms with Gasteiger partial charge in [0.05, 0.1) is 16.2 Å². The third-order valence-corrected chi connectivity index (χ3v) is 6.36. The zero-order valence-electron chi connectivity index (χ0n) is 17.5. The van der Waals surface area contributed by atoms with Crippen LogP contribution in [0.15, 0.2) is 0 Å². The van der Waals surface area contributed by atoms with Crippen LogP contribution in [0.25, 0.3) is 0 Å². The molecule has 0 aliphatic carbocycles. The van der Waals surface area contributed by atoms with Crippen LogP contribution in [0, 0.1) is 0 Å². The average molecular weight is 401 g/mol. The maximum atomic E-state index is 11.4. The Morgan fingerprint density at radius 3 is 1.50 bits per heavy atom. The van der Waals surface area contributed by atoms with Crippen molar-refractivity contribution < 1.29 is 47.6 Å². The molecular weight excluding hydrogens is 359 g/mol. The van der Waals surface area contributed by atoms with E-state index in [2.05, 4.69) is 6.92 Å². The quantitative estimate of drug-likeness (QED) is 0.218. The summed E-state index contributed by atoms with van der Waals surface area (Å²) in [4.78, 5) is 0. The standard InChI is InChI=1S/C20H42O4S.Na/c1-3-5-6-14-17-20(25(22,23)24)18-15-12-10-8-7-9-11-13-16-19(21)4-2;/h19-21H,3-18H2,1-2H3,(H,22,23,24);/q;+1/p-1. The zero-order valence-corrected chi connectivity index (χ0v) is 20.4. The van der Waals surface area contributed by atoms with E-state index in [1.165, 1.54) is 25.7 Å². The van der Waals surface area contributed by atoms with Crippen LogP contribution in [0.4, 0.5) is 0 Å². The first kappa shape index (κ1) is 29.1. The Morgan fingerprint density at radius 2 is 1.12 bits per heavy atom. The summed E-state index contributed by atoms with van der Waals surface area (Å²) in [7, 11) is -4.14. The summed E-state index contributed by atoms with van der Waals surface area (Å²) >= 11 is 0. The van der Waals surface area contributed by atoms with Gasteiger partial charge in [0.1, 0.15) is 0 Å². The van der Waals surface area contributed by atoms with E-state index in [1.807, 2.05) is 6.92 Å². The zero-order chi connectivity index (χ0) is 19.0. The third-order valence-electron chi connectivity index (χ3n) is 5.07. The van der Waals surface area contributed by atoms with Gasteiger partial charge in [-0.25, -0.2) is 8.42 Å². The molecule has 0 heterocycles. The molecule has 0 saturated heterocycles. The number of hydrogen-bond acceptors (Lipinski definition) is 4. The smallest absolute Gasteiger partial charge is 0.748 e. The van der Waals surface area contributed by atoms with Crippen molar-refractivity contribution in [2.24, 2.45) is 0 Å². The predicted octanol–water partition coefficient (Wildman–Crippen LogP) is 2.55. The summed E-state index contributed by atoms with van der Waals surface area (Å²) in [5.74, 6) is 0. The Balaban J connectivity index is 0. The minimum Gasteiger partial charge on any atom is -0.748 e. The Labute approximate surface area is 185 Å². The van der Waals surface area contributed by atoms with E-state index in [0.717, 1.165) is 64.2 Å². The summed E-state index contributed by atoms with van der Waals surface area (Å²) in [6.07, 6.45) is 15.7. The maximum Gasteiger partial charge on any atom is 1.00 e. The first-order valence-corrected chi connectivity index (χ1v) is 12.0. The predicted molar refractivity (Wildman–Crippen MR) is 105 cm³/mol. The maximum absolute atomic E-state index is 11.4. The molecular formula is C20H41NaO4S. The van der Waals surface area contributed by atoms with E-state index >= 15 is 0 Å². The van der Waals surface area contributed by atoms with E-state index in [0.29, 0.717) is 12.8 Å². The molecule has 0 bridgehead atoms. The molecule has 6 heteroatoms. The van der Waals surface area contributed by atoms with Gasteiger partial charge >= 0.3 is 29.6 Å². The third kappa shape index (κ3) is 18.2. The molecule has 0 aliphatic rings. The van der Waals surface area contributed by atoms with Gasteiger partial charge in [-0.15, -0.1) is 0 Å². The molecule has 0 amide bonds. The monoisotopic (exact) mass is 400 g/mol. The molecule has 0 saturated carbocycles. The van der Waals surface area contributed by atoms with Crippen molar-refractivity contribution in [2.45, 2.75) is 128 Å². The van der Waals surface area contributed by atoms with Gasteiger partial charge < -0.3 is 9.66 Å². The molecule has 0 fully saturated rings. The molecule has 0 rings (SSSR count).